The largest absolute Gasteiger partial charge is 0.394 e. The van der Waals surface area contributed by atoms with Gasteiger partial charge in [-0.1, -0.05) is 52.4 Å². The Balaban J connectivity index is 1.70. The van der Waals surface area contributed by atoms with Crippen molar-refractivity contribution in [1.82, 2.24) is 10.2 Å². The van der Waals surface area contributed by atoms with Gasteiger partial charge < -0.3 is 25.2 Å². The number of hydrogen-bond donors (Lipinski definition) is 4. The quantitative estimate of drug-likeness (QED) is 0.552. The van der Waals surface area contributed by atoms with Crippen LogP contribution in [0.25, 0.3) is 0 Å². The molecule has 11 heteroatoms. The molecule has 2 heterocycles. The van der Waals surface area contributed by atoms with Gasteiger partial charge in [-0.3, -0.25) is 0 Å². The first-order valence-electron chi connectivity index (χ1n) is 7.63. The molecule has 4 N–H and O–H groups in total. The van der Waals surface area contributed by atoms with Crippen LogP contribution in [0.4, 0.5) is 0 Å². The highest BCUT2D eigenvalue weighted by Gasteiger charge is 2.44. The standard InChI is InChI=1S/C15H16Cl2N2O5S2/c16-7-2-1-3-8(17)6(7)4-10-18-19-15(25-10)26-14-13(23)12(22)11(21)9(5-20)24-14/h1-3,9,11-14,20-23H,4-5H2/t9-,11+,12+,13-,14+/m1/s1. The van der Waals surface area contributed by atoms with Crippen LogP contribution in [0.3, 0.4) is 0 Å². The molecule has 1 aromatic carbocycles. The first kappa shape index (κ1) is 20.2. The first-order chi connectivity index (χ1) is 12.4. The lowest BCUT2D eigenvalue weighted by molar-refractivity contribution is -0.205. The summed E-state index contributed by atoms with van der Waals surface area (Å²) in [5.74, 6) is 0. The Morgan fingerprint density at radius 3 is 2.42 bits per heavy atom. The van der Waals surface area contributed by atoms with E-state index in [-0.39, 0.29) is 0 Å². The number of nitrogens with zero attached hydrogens (tertiary/aromatic N) is 2. The molecule has 0 aliphatic carbocycles. The minimum Gasteiger partial charge on any atom is -0.394 e. The van der Waals surface area contributed by atoms with Gasteiger partial charge in [0, 0.05) is 16.5 Å². The Morgan fingerprint density at radius 2 is 1.77 bits per heavy atom. The fourth-order valence-electron chi connectivity index (χ4n) is 2.47. The highest BCUT2D eigenvalue weighted by atomic mass is 35.5. The van der Waals surface area contributed by atoms with Crippen LogP contribution in [0.15, 0.2) is 22.5 Å². The summed E-state index contributed by atoms with van der Waals surface area (Å²) >= 11 is 14.7. The maximum absolute atomic E-state index is 10.1. The molecule has 0 unspecified atom stereocenters. The minimum absolute atomic E-state index is 0.408. The van der Waals surface area contributed by atoms with E-state index in [0.717, 1.165) is 17.3 Å². The number of aromatic nitrogens is 2. The molecule has 0 saturated carbocycles. The van der Waals surface area contributed by atoms with E-state index >= 15 is 0 Å². The van der Waals surface area contributed by atoms with E-state index in [0.29, 0.717) is 25.8 Å². The Bertz CT molecular complexity index is 743. The van der Waals surface area contributed by atoms with Crippen molar-refractivity contribution >= 4 is 46.3 Å². The van der Waals surface area contributed by atoms with Gasteiger partial charge in [0.1, 0.15) is 34.9 Å². The van der Waals surface area contributed by atoms with Crippen molar-refractivity contribution in [3.05, 3.63) is 38.8 Å². The molecule has 26 heavy (non-hydrogen) atoms. The van der Waals surface area contributed by atoms with Crippen LogP contribution in [-0.4, -0.2) is 67.1 Å². The van der Waals surface area contributed by atoms with E-state index in [2.05, 4.69) is 10.2 Å². The molecule has 5 atom stereocenters. The summed E-state index contributed by atoms with van der Waals surface area (Å²) in [6.45, 7) is -0.478. The average Bonchev–Trinajstić information content (AvgIpc) is 3.06. The van der Waals surface area contributed by atoms with Gasteiger partial charge >= 0.3 is 0 Å². The Labute approximate surface area is 167 Å². The highest BCUT2D eigenvalue weighted by molar-refractivity contribution is 8.01. The maximum Gasteiger partial charge on any atom is 0.176 e. The van der Waals surface area contributed by atoms with Gasteiger partial charge in [-0.2, -0.15) is 0 Å². The Hall–Kier alpha value is -0.490. The van der Waals surface area contributed by atoms with E-state index < -0.39 is 36.5 Å². The lowest BCUT2D eigenvalue weighted by atomic mass is 10.0. The van der Waals surface area contributed by atoms with Crippen LogP contribution in [0.1, 0.15) is 10.6 Å². The molecule has 1 aliphatic rings. The third-order valence-corrected chi connectivity index (χ3v) is 6.77. The number of halogens is 2. The van der Waals surface area contributed by atoms with E-state index in [4.69, 9.17) is 27.9 Å². The van der Waals surface area contributed by atoms with Gasteiger partial charge in [0.15, 0.2) is 4.34 Å². The zero-order valence-corrected chi connectivity index (χ0v) is 16.3. The van der Waals surface area contributed by atoms with Crippen LogP contribution in [-0.2, 0) is 11.2 Å². The first-order valence-corrected chi connectivity index (χ1v) is 10.1. The molecule has 1 aliphatic heterocycles. The van der Waals surface area contributed by atoms with Crippen LogP contribution in [0.5, 0.6) is 0 Å². The molecule has 1 fully saturated rings. The van der Waals surface area contributed by atoms with E-state index in [1.54, 1.807) is 18.2 Å². The second kappa shape index (κ2) is 8.68. The van der Waals surface area contributed by atoms with Crippen LogP contribution >= 0.6 is 46.3 Å². The summed E-state index contributed by atoms with van der Waals surface area (Å²) in [6, 6.07) is 5.25. The van der Waals surface area contributed by atoms with Crippen molar-refractivity contribution in [3.63, 3.8) is 0 Å². The molecule has 0 radical (unpaired) electrons. The fraction of sp³-hybridized carbons (Fsp3) is 0.467. The summed E-state index contributed by atoms with van der Waals surface area (Å²) in [5.41, 5.74) is -0.147. The summed E-state index contributed by atoms with van der Waals surface area (Å²) in [6.07, 6.45) is -4.69. The van der Waals surface area contributed by atoms with E-state index in [9.17, 15) is 20.4 Å². The van der Waals surface area contributed by atoms with Crippen molar-refractivity contribution in [3.8, 4) is 0 Å². The fourth-order valence-corrected chi connectivity index (χ4v) is 5.14. The number of aliphatic hydroxyl groups excluding tert-OH is 4. The number of thioether (sulfide) groups is 1. The Morgan fingerprint density at radius 1 is 1.08 bits per heavy atom. The number of aliphatic hydroxyl groups is 4. The van der Waals surface area contributed by atoms with Gasteiger partial charge in [-0.15, -0.1) is 10.2 Å². The summed E-state index contributed by atoms with van der Waals surface area (Å²) in [5, 5.41) is 48.8. The van der Waals surface area contributed by atoms with Gasteiger partial charge in [0.2, 0.25) is 0 Å². The van der Waals surface area contributed by atoms with Gasteiger partial charge in [0.05, 0.1) is 6.61 Å². The molecule has 0 amide bonds. The molecule has 0 spiro atoms. The second-order valence-electron chi connectivity index (χ2n) is 5.65. The predicted octanol–water partition coefficient (Wildman–Crippen LogP) is 1.33. The van der Waals surface area contributed by atoms with Crippen molar-refractivity contribution in [2.24, 2.45) is 0 Å². The van der Waals surface area contributed by atoms with Crippen molar-refractivity contribution in [2.75, 3.05) is 6.61 Å². The van der Waals surface area contributed by atoms with Crippen molar-refractivity contribution < 1.29 is 25.2 Å². The lowest BCUT2D eigenvalue weighted by Gasteiger charge is -2.39. The third-order valence-electron chi connectivity index (χ3n) is 3.90. The monoisotopic (exact) mass is 438 g/mol. The molecule has 1 aromatic heterocycles. The molecule has 142 valence electrons. The van der Waals surface area contributed by atoms with Crippen LogP contribution < -0.4 is 0 Å². The van der Waals surface area contributed by atoms with Crippen molar-refractivity contribution in [2.45, 2.75) is 40.6 Å². The third kappa shape index (κ3) is 4.32. The summed E-state index contributed by atoms with van der Waals surface area (Å²) < 4.78 is 5.96. The second-order valence-corrected chi connectivity index (χ2v) is 8.88. The molecular formula is C15H16Cl2N2O5S2. The molecule has 0 bridgehead atoms. The lowest BCUT2D eigenvalue weighted by Crippen LogP contribution is -2.57. The average molecular weight is 439 g/mol. The molecule has 7 nitrogen and oxygen atoms in total. The van der Waals surface area contributed by atoms with E-state index in [1.165, 1.54) is 11.3 Å². The number of ether oxygens (including phenoxy) is 1. The topological polar surface area (TPSA) is 116 Å². The molecule has 2 aromatic rings. The molecular weight excluding hydrogens is 423 g/mol. The normalized spacial score (nSPS) is 29.1. The van der Waals surface area contributed by atoms with Crippen molar-refractivity contribution in [1.29, 1.82) is 0 Å². The zero-order valence-electron chi connectivity index (χ0n) is 13.2. The smallest absolute Gasteiger partial charge is 0.176 e. The minimum atomic E-state index is -1.42. The number of benzene rings is 1. The van der Waals surface area contributed by atoms with Gasteiger partial charge in [-0.25, -0.2) is 0 Å². The Kier molecular flexibility index (Phi) is 6.76. The number of hydrogen-bond acceptors (Lipinski definition) is 9. The molecule has 3 rings (SSSR count). The number of rotatable bonds is 5. The van der Waals surface area contributed by atoms with Crippen LogP contribution in [0.2, 0.25) is 10.0 Å². The highest BCUT2D eigenvalue weighted by Crippen LogP contribution is 2.36. The SMILES string of the molecule is OC[C@H]1O[C@@H](Sc2nnc(Cc3c(Cl)cccc3Cl)s2)[C@H](O)[C@@H](O)[C@H]1O. The summed E-state index contributed by atoms with van der Waals surface area (Å²) in [4.78, 5) is 0. The van der Waals surface area contributed by atoms with Crippen LogP contribution in [0, 0.1) is 0 Å². The summed E-state index contributed by atoms with van der Waals surface area (Å²) in [7, 11) is 0. The maximum atomic E-state index is 10.1. The predicted molar refractivity (Wildman–Crippen MR) is 98.8 cm³/mol. The van der Waals surface area contributed by atoms with Gasteiger partial charge in [-0.05, 0) is 17.7 Å². The van der Waals surface area contributed by atoms with Gasteiger partial charge in [0.25, 0.3) is 0 Å². The van der Waals surface area contributed by atoms with E-state index in [1.807, 2.05) is 0 Å². The molecule has 1 saturated heterocycles. The zero-order chi connectivity index (χ0) is 18.8.